The van der Waals surface area contributed by atoms with Gasteiger partial charge in [-0.25, -0.2) is 4.79 Å². The molecule has 212 valence electrons. The van der Waals surface area contributed by atoms with Crippen LogP contribution in [-0.4, -0.2) is 62.6 Å². The van der Waals surface area contributed by atoms with Gasteiger partial charge in [0.2, 0.25) is 0 Å². The van der Waals surface area contributed by atoms with E-state index in [9.17, 15) is 4.79 Å². The highest BCUT2D eigenvalue weighted by atomic mass is 28.4. The van der Waals surface area contributed by atoms with Crippen LogP contribution in [0.5, 0.6) is 5.75 Å². The molecule has 0 bridgehead atoms. The first-order valence-electron chi connectivity index (χ1n) is 14.0. The highest BCUT2D eigenvalue weighted by Gasteiger charge is 2.39. The third kappa shape index (κ3) is 11.0. The Kier molecular flexibility index (Phi) is 14.3. The summed E-state index contributed by atoms with van der Waals surface area (Å²) >= 11 is 0. The number of ether oxygens (including phenoxy) is 1. The summed E-state index contributed by atoms with van der Waals surface area (Å²) in [7, 11) is -4.40. The first-order chi connectivity index (χ1) is 18.3. The van der Waals surface area contributed by atoms with Gasteiger partial charge in [0.05, 0.1) is 5.56 Å². The lowest BCUT2D eigenvalue weighted by atomic mass is 10.2. The lowest BCUT2D eigenvalue weighted by Crippen LogP contribution is -2.46. The predicted octanol–water partition coefficient (Wildman–Crippen LogP) is 6.78. The standard InChI is InChI=1S/C29H47NO6Si2/c1-7-32-37(5,6)23-15-21-30(22-16-24-38(33-8-2,34-9-3)35-10-4)27-19-14-20-28(25-27)36-29(31)26-17-12-11-13-18-26/h11-14,17-20,25H,7-10,15-16,21-24H2,1-6H3. The maximum Gasteiger partial charge on any atom is 0.500 e. The molecule has 2 aromatic carbocycles. The van der Waals surface area contributed by atoms with Crippen molar-refractivity contribution in [1.82, 2.24) is 0 Å². The molecule has 0 amide bonds. The number of rotatable bonds is 19. The molecular weight excluding hydrogens is 514 g/mol. The molecule has 0 saturated carbocycles. The molecule has 0 radical (unpaired) electrons. The Morgan fingerprint density at radius 2 is 1.32 bits per heavy atom. The Labute approximate surface area is 231 Å². The Bertz CT molecular complexity index is 927. The van der Waals surface area contributed by atoms with E-state index >= 15 is 0 Å². The number of esters is 1. The van der Waals surface area contributed by atoms with Crippen LogP contribution in [0.3, 0.4) is 0 Å². The van der Waals surface area contributed by atoms with E-state index in [2.05, 4.69) is 31.0 Å². The van der Waals surface area contributed by atoms with Crippen molar-refractivity contribution in [1.29, 1.82) is 0 Å². The molecule has 0 heterocycles. The third-order valence-corrected chi connectivity index (χ3v) is 11.9. The summed E-state index contributed by atoms with van der Waals surface area (Å²) < 4.78 is 29.9. The van der Waals surface area contributed by atoms with Crippen molar-refractivity contribution in [3.05, 3.63) is 60.2 Å². The summed E-state index contributed by atoms with van der Waals surface area (Å²) in [5.41, 5.74) is 1.55. The smallest absolute Gasteiger partial charge is 0.423 e. The maximum absolute atomic E-state index is 12.6. The molecule has 0 aliphatic rings. The van der Waals surface area contributed by atoms with Gasteiger partial charge in [-0.3, -0.25) is 0 Å². The van der Waals surface area contributed by atoms with E-state index in [0.717, 1.165) is 50.3 Å². The van der Waals surface area contributed by atoms with E-state index in [4.69, 9.17) is 22.4 Å². The van der Waals surface area contributed by atoms with Crippen molar-refractivity contribution >= 4 is 28.8 Å². The number of carbonyl (C=O) groups excluding carboxylic acids is 1. The average molecular weight is 562 g/mol. The summed E-state index contributed by atoms with van der Waals surface area (Å²) in [4.78, 5) is 15.0. The number of hydrogen-bond acceptors (Lipinski definition) is 7. The normalized spacial score (nSPS) is 11.9. The molecule has 0 atom stereocenters. The SMILES string of the molecule is CCO[Si](C)(C)CCCN(CCC[Si](OCC)(OCC)OCC)c1cccc(OC(=O)c2ccccc2)c1. The van der Waals surface area contributed by atoms with E-state index in [0.29, 0.717) is 31.1 Å². The van der Waals surface area contributed by atoms with Gasteiger partial charge >= 0.3 is 14.8 Å². The van der Waals surface area contributed by atoms with Gasteiger partial charge in [-0.05, 0) is 83.9 Å². The number of benzene rings is 2. The molecule has 0 fully saturated rings. The van der Waals surface area contributed by atoms with Gasteiger partial charge in [0.15, 0.2) is 8.32 Å². The monoisotopic (exact) mass is 561 g/mol. The van der Waals surface area contributed by atoms with Crippen molar-refractivity contribution in [2.75, 3.05) is 44.4 Å². The van der Waals surface area contributed by atoms with Gasteiger partial charge in [-0.15, -0.1) is 0 Å². The molecule has 2 rings (SSSR count). The predicted molar refractivity (Wildman–Crippen MR) is 159 cm³/mol. The summed E-state index contributed by atoms with van der Waals surface area (Å²) in [5, 5.41) is 0. The summed E-state index contributed by atoms with van der Waals surface area (Å²) in [6, 6.07) is 18.7. The Balaban J connectivity index is 2.17. The topological polar surface area (TPSA) is 66.5 Å². The van der Waals surface area contributed by atoms with E-state index in [-0.39, 0.29) is 5.97 Å². The molecular formula is C29H47NO6Si2. The fraction of sp³-hybridized carbons (Fsp3) is 0.552. The molecule has 0 aliphatic heterocycles. The van der Waals surface area contributed by atoms with Crippen LogP contribution in [0.2, 0.25) is 25.2 Å². The molecule has 38 heavy (non-hydrogen) atoms. The average Bonchev–Trinajstić information content (AvgIpc) is 2.89. The first kappa shape index (κ1) is 32.2. The zero-order chi connectivity index (χ0) is 27.9. The number of hydrogen-bond donors (Lipinski definition) is 0. The summed E-state index contributed by atoms with van der Waals surface area (Å²) in [6.45, 7) is 16.7. The molecule has 0 unspecified atom stereocenters. The molecule has 0 N–H and O–H groups in total. The fourth-order valence-corrected chi connectivity index (χ4v) is 9.03. The minimum absolute atomic E-state index is 0.361. The van der Waals surface area contributed by atoms with Crippen molar-refractivity contribution in [2.45, 2.75) is 65.7 Å². The van der Waals surface area contributed by atoms with E-state index in [1.165, 1.54) is 0 Å². The molecule has 0 aliphatic carbocycles. The van der Waals surface area contributed by atoms with E-state index in [1.54, 1.807) is 12.1 Å². The zero-order valence-electron chi connectivity index (χ0n) is 24.2. The molecule has 9 heteroatoms. The third-order valence-electron chi connectivity index (χ3n) is 6.15. The fourth-order valence-electron chi connectivity index (χ4n) is 4.50. The number of carbonyl (C=O) groups is 1. The molecule has 0 saturated heterocycles. The zero-order valence-corrected chi connectivity index (χ0v) is 26.2. The van der Waals surface area contributed by atoms with Crippen LogP contribution in [0.4, 0.5) is 5.69 Å². The second-order valence-corrected chi connectivity index (χ2v) is 16.7. The van der Waals surface area contributed by atoms with E-state index in [1.807, 2.05) is 57.2 Å². The highest BCUT2D eigenvalue weighted by molar-refractivity contribution is 6.71. The van der Waals surface area contributed by atoms with Crippen LogP contribution >= 0.6 is 0 Å². The van der Waals surface area contributed by atoms with E-state index < -0.39 is 17.1 Å². The maximum atomic E-state index is 12.6. The van der Waals surface area contributed by atoms with Crippen LogP contribution in [0.25, 0.3) is 0 Å². The van der Waals surface area contributed by atoms with Gasteiger partial charge < -0.3 is 27.3 Å². The molecule has 0 aromatic heterocycles. The van der Waals surface area contributed by atoms with Crippen LogP contribution in [0.15, 0.2) is 54.6 Å². The summed E-state index contributed by atoms with van der Waals surface area (Å²) in [5.74, 6) is 0.173. The number of anilines is 1. The minimum atomic E-state index is -2.71. The highest BCUT2D eigenvalue weighted by Crippen LogP contribution is 2.26. The molecule has 7 nitrogen and oxygen atoms in total. The Morgan fingerprint density at radius 1 is 0.737 bits per heavy atom. The van der Waals surface area contributed by atoms with Gasteiger partial charge in [-0.2, -0.15) is 0 Å². The van der Waals surface area contributed by atoms with Gasteiger partial charge in [0.1, 0.15) is 5.75 Å². The molecule has 2 aromatic rings. The first-order valence-corrected chi connectivity index (χ1v) is 19.0. The van der Waals surface area contributed by atoms with Gasteiger partial charge in [-0.1, -0.05) is 24.3 Å². The molecule has 0 spiro atoms. The van der Waals surface area contributed by atoms with Gasteiger partial charge in [0.25, 0.3) is 0 Å². The quantitative estimate of drug-likeness (QED) is 0.106. The van der Waals surface area contributed by atoms with Crippen LogP contribution in [-0.2, 0) is 17.7 Å². The van der Waals surface area contributed by atoms with Crippen LogP contribution < -0.4 is 9.64 Å². The Hall–Kier alpha value is -2.02. The lowest BCUT2D eigenvalue weighted by molar-refractivity contribution is 0.0706. The minimum Gasteiger partial charge on any atom is -0.423 e. The van der Waals surface area contributed by atoms with Crippen LogP contribution in [0.1, 0.15) is 50.9 Å². The lowest BCUT2D eigenvalue weighted by Gasteiger charge is -2.31. The van der Waals surface area contributed by atoms with Crippen molar-refractivity contribution in [3.8, 4) is 5.75 Å². The Morgan fingerprint density at radius 3 is 1.89 bits per heavy atom. The number of nitrogens with zero attached hydrogens (tertiary/aromatic N) is 1. The van der Waals surface area contributed by atoms with Gasteiger partial charge in [0, 0.05) is 57.3 Å². The van der Waals surface area contributed by atoms with Crippen molar-refractivity contribution < 1.29 is 27.2 Å². The van der Waals surface area contributed by atoms with Crippen LogP contribution in [0, 0.1) is 0 Å². The largest absolute Gasteiger partial charge is 0.500 e. The van der Waals surface area contributed by atoms with Crippen molar-refractivity contribution in [3.63, 3.8) is 0 Å². The second kappa shape index (κ2) is 16.8. The second-order valence-electron chi connectivity index (χ2n) is 9.62. The van der Waals surface area contributed by atoms with Crippen molar-refractivity contribution in [2.24, 2.45) is 0 Å². The summed E-state index contributed by atoms with van der Waals surface area (Å²) in [6.07, 6.45) is 1.89.